The number of carbonyl (C=O) groups is 1. The van der Waals surface area contributed by atoms with Crippen LogP contribution in [0, 0.1) is 5.41 Å². The molecule has 0 aromatic carbocycles. The average molecular weight is 216 g/mol. The highest BCUT2D eigenvalue weighted by molar-refractivity contribution is 5.78. The summed E-state index contributed by atoms with van der Waals surface area (Å²) in [4.78, 5) is 11.9. The van der Waals surface area contributed by atoms with Crippen LogP contribution < -0.4 is 5.84 Å². The van der Waals surface area contributed by atoms with Crippen molar-refractivity contribution in [1.82, 2.24) is 5.01 Å². The minimum Gasteiger partial charge on any atom is -0.459 e. The summed E-state index contributed by atoms with van der Waals surface area (Å²) in [6.07, 6.45) is 0.551. The molecular formula is C10H20N2O3. The maximum Gasteiger partial charge on any atom is 0.316 e. The van der Waals surface area contributed by atoms with Crippen molar-refractivity contribution in [3.05, 3.63) is 0 Å². The number of hydrazine groups is 1. The molecule has 0 radical (unpaired) electrons. The van der Waals surface area contributed by atoms with E-state index in [9.17, 15) is 9.90 Å². The van der Waals surface area contributed by atoms with Crippen LogP contribution in [0.25, 0.3) is 0 Å². The van der Waals surface area contributed by atoms with E-state index in [1.165, 1.54) is 0 Å². The van der Waals surface area contributed by atoms with Crippen molar-refractivity contribution in [2.24, 2.45) is 11.3 Å². The molecule has 0 aliphatic carbocycles. The van der Waals surface area contributed by atoms with Crippen LogP contribution in [0.2, 0.25) is 0 Å². The van der Waals surface area contributed by atoms with Crippen LogP contribution in [-0.2, 0) is 9.53 Å². The molecule has 1 aliphatic rings. The van der Waals surface area contributed by atoms with Gasteiger partial charge < -0.3 is 9.84 Å². The third kappa shape index (κ3) is 2.90. The van der Waals surface area contributed by atoms with Crippen molar-refractivity contribution >= 4 is 5.97 Å². The summed E-state index contributed by atoms with van der Waals surface area (Å²) in [5, 5.41) is 10.9. The Morgan fingerprint density at radius 3 is 2.53 bits per heavy atom. The van der Waals surface area contributed by atoms with E-state index in [1.807, 2.05) is 20.8 Å². The molecule has 0 saturated carbocycles. The molecule has 5 heteroatoms. The van der Waals surface area contributed by atoms with Gasteiger partial charge in [-0.05, 0) is 27.2 Å². The zero-order valence-electron chi connectivity index (χ0n) is 9.62. The van der Waals surface area contributed by atoms with Crippen LogP contribution in [0.1, 0.15) is 27.2 Å². The Bertz CT molecular complexity index is 250. The number of esters is 1. The molecule has 1 heterocycles. The third-order valence-electron chi connectivity index (χ3n) is 2.52. The number of rotatable bonds is 2. The minimum absolute atomic E-state index is 0.213. The van der Waals surface area contributed by atoms with Gasteiger partial charge in [0.1, 0.15) is 11.0 Å². The van der Waals surface area contributed by atoms with Crippen LogP contribution in [0.5, 0.6) is 0 Å². The number of ether oxygens (including phenoxy) is 1. The van der Waals surface area contributed by atoms with Gasteiger partial charge in [-0.15, -0.1) is 0 Å². The van der Waals surface area contributed by atoms with E-state index in [2.05, 4.69) is 0 Å². The summed E-state index contributed by atoms with van der Waals surface area (Å²) < 4.78 is 5.28. The topological polar surface area (TPSA) is 75.8 Å². The van der Waals surface area contributed by atoms with E-state index in [4.69, 9.17) is 10.6 Å². The standard InChI is InChI=1S/C10H20N2O3/c1-9(2,3)15-8(14)10(7-13)4-5-12(11)6-10/h13H,4-7,11H2,1-3H3/t10-/m1/s1. The Hall–Kier alpha value is -0.650. The van der Waals surface area contributed by atoms with Crippen molar-refractivity contribution < 1.29 is 14.6 Å². The van der Waals surface area contributed by atoms with E-state index in [1.54, 1.807) is 5.01 Å². The first-order chi connectivity index (χ1) is 6.79. The lowest BCUT2D eigenvalue weighted by atomic mass is 9.88. The Morgan fingerprint density at radius 1 is 1.60 bits per heavy atom. The molecule has 1 atom stereocenters. The minimum atomic E-state index is -0.831. The van der Waals surface area contributed by atoms with Gasteiger partial charge in [-0.25, -0.2) is 5.01 Å². The number of carbonyl (C=O) groups excluding carboxylic acids is 1. The van der Waals surface area contributed by atoms with Gasteiger partial charge >= 0.3 is 5.97 Å². The first-order valence-electron chi connectivity index (χ1n) is 5.13. The zero-order valence-corrected chi connectivity index (χ0v) is 9.62. The average Bonchev–Trinajstić information content (AvgIpc) is 2.45. The molecule has 88 valence electrons. The maximum atomic E-state index is 11.9. The SMILES string of the molecule is CC(C)(C)OC(=O)[C@]1(CO)CCN(N)C1. The molecule has 0 unspecified atom stereocenters. The van der Waals surface area contributed by atoms with Gasteiger partial charge in [-0.1, -0.05) is 0 Å². The predicted octanol–water partition coefficient (Wildman–Crippen LogP) is -0.114. The van der Waals surface area contributed by atoms with Gasteiger partial charge in [-0.2, -0.15) is 0 Å². The second-order valence-corrected chi connectivity index (χ2v) is 5.16. The Balaban J connectivity index is 2.71. The van der Waals surface area contributed by atoms with Crippen molar-refractivity contribution in [2.75, 3.05) is 19.7 Å². The van der Waals surface area contributed by atoms with E-state index in [-0.39, 0.29) is 12.6 Å². The third-order valence-corrected chi connectivity index (χ3v) is 2.52. The highest BCUT2D eigenvalue weighted by atomic mass is 16.6. The van der Waals surface area contributed by atoms with Gasteiger partial charge in [0.15, 0.2) is 0 Å². The summed E-state index contributed by atoms with van der Waals surface area (Å²) in [6, 6.07) is 0. The van der Waals surface area contributed by atoms with Crippen LogP contribution in [-0.4, -0.2) is 41.4 Å². The normalized spacial score (nSPS) is 28.1. The number of aliphatic hydroxyl groups excluding tert-OH is 1. The number of hydrogen-bond acceptors (Lipinski definition) is 5. The van der Waals surface area contributed by atoms with E-state index >= 15 is 0 Å². The molecule has 0 aromatic heterocycles. The maximum absolute atomic E-state index is 11.9. The second-order valence-electron chi connectivity index (χ2n) is 5.16. The lowest BCUT2D eigenvalue weighted by molar-refractivity contribution is -0.169. The monoisotopic (exact) mass is 216 g/mol. The highest BCUT2D eigenvalue weighted by Gasteiger charge is 2.46. The summed E-state index contributed by atoms with van der Waals surface area (Å²) in [6.45, 7) is 6.19. The Labute approximate surface area is 90.2 Å². The van der Waals surface area contributed by atoms with Crippen molar-refractivity contribution in [3.63, 3.8) is 0 Å². The Morgan fingerprint density at radius 2 is 2.20 bits per heavy atom. The molecule has 0 spiro atoms. The number of aliphatic hydroxyl groups is 1. The molecule has 0 bridgehead atoms. The summed E-state index contributed by atoms with van der Waals surface area (Å²) in [5.41, 5.74) is -1.36. The molecule has 1 saturated heterocycles. The number of nitrogens with zero attached hydrogens (tertiary/aromatic N) is 1. The fraction of sp³-hybridized carbons (Fsp3) is 0.900. The molecule has 1 rings (SSSR count). The lowest BCUT2D eigenvalue weighted by Crippen LogP contribution is -2.43. The van der Waals surface area contributed by atoms with E-state index in [0.29, 0.717) is 19.5 Å². The summed E-state index contributed by atoms with van der Waals surface area (Å²) in [5.74, 6) is 5.25. The molecule has 15 heavy (non-hydrogen) atoms. The van der Waals surface area contributed by atoms with Crippen LogP contribution >= 0.6 is 0 Å². The fourth-order valence-corrected chi connectivity index (χ4v) is 1.65. The van der Waals surface area contributed by atoms with Crippen LogP contribution in [0.15, 0.2) is 0 Å². The van der Waals surface area contributed by atoms with Crippen molar-refractivity contribution in [3.8, 4) is 0 Å². The zero-order chi connectivity index (χ0) is 11.7. The second kappa shape index (κ2) is 4.08. The molecule has 1 fully saturated rings. The molecule has 0 aromatic rings. The smallest absolute Gasteiger partial charge is 0.316 e. The lowest BCUT2D eigenvalue weighted by Gasteiger charge is -2.29. The highest BCUT2D eigenvalue weighted by Crippen LogP contribution is 2.31. The van der Waals surface area contributed by atoms with Gasteiger partial charge in [0.25, 0.3) is 0 Å². The first-order valence-corrected chi connectivity index (χ1v) is 5.13. The molecule has 0 amide bonds. The number of hydrogen-bond donors (Lipinski definition) is 2. The Kier molecular flexibility index (Phi) is 3.38. The molecule has 1 aliphatic heterocycles. The van der Waals surface area contributed by atoms with Gasteiger partial charge in [0.2, 0.25) is 0 Å². The van der Waals surface area contributed by atoms with Gasteiger partial charge in [-0.3, -0.25) is 10.6 Å². The predicted molar refractivity (Wildman–Crippen MR) is 55.7 cm³/mol. The molecule has 5 nitrogen and oxygen atoms in total. The summed E-state index contributed by atoms with van der Waals surface area (Å²) in [7, 11) is 0. The molecular weight excluding hydrogens is 196 g/mol. The fourth-order valence-electron chi connectivity index (χ4n) is 1.65. The molecule has 3 N–H and O–H groups in total. The van der Waals surface area contributed by atoms with E-state index < -0.39 is 11.0 Å². The van der Waals surface area contributed by atoms with Gasteiger partial charge in [0, 0.05) is 13.1 Å². The van der Waals surface area contributed by atoms with E-state index in [0.717, 1.165) is 0 Å². The van der Waals surface area contributed by atoms with Crippen LogP contribution in [0.3, 0.4) is 0 Å². The van der Waals surface area contributed by atoms with Gasteiger partial charge in [0.05, 0.1) is 6.61 Å². The quantitative estimate of drug-likeness (QED) is 0.497. The van der Waals surface area contributed by atoms with Crippen molar-refractivity contribution in [1.29, 1.82) is 0 Å². The number of nitrogens with two attached hydrogens (primary N) is 1. The summed E-state index contributed by atoms with van der Waals surface area (Å²) >= 11 is 0. The largest absolute Gasteiger partial charge is 0.459 e. The first kappa shape index (κ1) is 12.4. The van der Waals surface area contributed by atoms with Crippen LogP contribution in [0.4, 0.5) is 0 Å². The van der Waals surface area contributed by atoms with Crippen molar-refractivity contribution in [2.45, 2.75) is 32.8 Å².